The maximum Gasteiger partial charge on any atom is 0.125 e. The maximum absolute atomic E-state index is 10.6. The highest BCUT2D eigenvalue weighted by Gasteiger charge is 2.40. The van der Waals surface area contributed by atoms with Gasteiger partial charge in [0.1, 0.15) is 11.4 Å². The van der Waals surface area contributed by atoms with Gasteiger partial charge in [0.15, 0.2) is 0 Å². The molecule has 1 aliphatic heterocycles. The number of fused-ring (bicyclic) bond motifs is 1. The van der Waals surface area contributed by atoms with Crippen LogP contribution in [0.3, 0.4) is 0 Å². The Balaban J connectivity index is 2.45. The molecule has 3 heteroatoms. The summed E-state index contributed by atoms with van der Waals surface area (Å²) >= 11 is 0. The van der Waals surface area contributed by atoms with Crippen molar-refractivity contribution in [2.24, 2.45) is 5.92 Å². The second-order valence-electron chi connectivity index (χ2n) is 4.16. The minimum absolute atomic E-state index is 0.0971. The number of nitrogens with one attached hydrogen (secondary N) is 1. The van der Waals surface area contributed by atoms with Gasteiger partial charge in [0.25, 0.3) is 0 Å². The number of para-hydroxylation sites is 1. The summed E-state index contributed by atoms with van der Waals surface area (Å²) < 4.78 is 5.59. The van der Waals surface area contributed by atoms with Crippen LogP contribution in [-0.2, 0) is 5.60 Å². The van der Waals surface area contributed by atoms with E-state index in [0.717, 1.165) is 11.3 Å². The molecule has 0 aliphatic carbocycles. The molecular formula is C12H17NO2. The topological polar surface area (TPSA) is 41.5 Å². The van der Waals surface area contributed by atoms with Crippen LogP contribution in [0.4, 0.5) is 0 Å². The first kappa shape index (κ1) is 10.5. The molecule has 1 heterocycles. The Kier molecular flexibility index (Phi) is 2.67. The number of hydrogen-bond acceptors (Lipinski definition) is 3. The third-order valence-corrected chi connectivity index (χ3v) is 3.10. The molecule has 0 spiro atoms. The minimum Gasteiger partial charge on any atom is -0.493 e. The summed E-state index contributed by atoms with van der Waals surface area (Å²) in [6.07, 6.45) is 0. The third kappa shape index (κ3) is 1.62. The number of rotatable bonds is 2. The molecule has 15 heavy (non-hydrogen) atoms. The van der Waals surface area contributed by atoms with Crippen LogP contribution in [0.2, 0.25) is 0 Å². The lowest BCUT2D eigenvalue weighted by Crippen LogP contribution is -2.47. The average molecular weight is 207 g/mol. The Labute approximate surface area is 90.1 Å². The summed E-state index contributed by atoms with van der Waals surface area (Å²) in [4.78, 5) is 0. The molecule has 0 amide bonds. The molecule has 0 saturated heterocycles. The molecule has 0 aromatic heterocycles. The van der Waals surface area contributed by atoms with Gasteiger partial charge in [-0.15, -0.1) is 0 Å². The minimum atomic E-state index is -0.816. The Morgan fingerprint density at radius 1 is 1.53 bits per heavy atom. The first-order valence-corrected chi connectivity index (χ1v) is 5.28. The van der Waals surface area contributed by atoms with E-state index in [1.54, 1.807) is 0 Å². The van der Waals surface area contributed by atoms with Crippen molar-refractivity contribution in [1.29, 1.82) is 0 Å². The van der Waals surface area contributed by atoms with Crippen LogP contribution in [0.15, 0.2) is 24.3 Å². The van der Waals surface area contributed by atoms with Gasteiger partial charge in [0, 0.05) is 18.0 Å². The number of ether oxygens (including phenoxy) is 1. The summed E-state index contributed by atoms with van der Waals surface area (Å²) in [6.45, 7) is 3.12. The quantitative estimate of drug-likeness (QED) is 0.763. The lowest BCUT2D eigenvalue weighted by molar-refractivity contribution is -0.0485. The van der Waals surface area contributed by atoms with E-state index < -0.39 is 5.60 Å². The van der Waals surface area contributed by atoms with Gasteiger partial charge < -0.3 is 15.2 Å². The van der Waals surface area contributed by atoms with E-state index in [-0.39, 0.29) is 5.92 Å². The smallest absolute Gasteiger partial charge is 0.125 e. The van der Waals surface area contributed by atoms with E-state index in [2.05, 4.69) is 5.32 Å². The van der Waals surface area contributed by atoms with E-state index >= 15 is 0 Å². The zero-order valence-electron chi connectivity index (χ0n) is 9.16. The Morgan fingerprint density at radius 2 is 2.27 bits per heavy atom. The van der Waals surface area contributed by atoms with E-state index in [1.165, 1.54) is 0 Å². The van der Waals surface area contributed by atoms with Crippen LogP contribution in [0, 0.1) is 5.92 Å². The van der Waals surface area contributed by atoms with Gasteiger partial charge in [-0.05, 0) is 13.1 Å². The molecule has 3 nitrogen and oxygen atoms in total. The average Bonchev–Trinajstić information content (AvgIpc) is 2.25. The van der Waals surface area contributed by atoms with E-state index in [0.29, 0.717) is 13.2 Å². The van der Waals surface area contributed by atoms with Crippen LogP contribution in [0.5, 0.6) is 5.75 Å². The molecule has 2 unspecified atom stereocenters. The van der Waals surface area contributed by atoms with Gasteiger partial charge in [0.2, 0.25) is 0 Å². The number of hydrogen-bond donors (Lipinski definition) is 2. The van der Waals surface area contributed by atoms with Crippen LogP contribution in [0.1, 0.15) is 12.5 Å². The molecule has 0 fully saturated rings. The van der Waals surface area contributed by atoms with Crippen LogP contribution in [0.25, 0.3) is 0 Å². The number of benzene rings is 1. The van der Waals surface area contributed by atoms with Gasteiger partial charge in [-0.1, -0.05) is 25.1 Å². The predicted octanol–water partition coefficient (Wildman–Crippen LogP) is 1.12. The summed E-state index contributed by atoms with van der Waals surface area (Å²) in [6, 6.07) is 7.69. The highest BCUT2D eigenvalue weighted by atomic mass is 16.5. The monoisotopic (exact) mass is 207 g/mol. The maximum atomic E-state index is 10.6. The molecule has 1 aromatic carbocycles. The van der Waals surface area contributed by atoms with E-state index in [4.69, 9.17) is 4.74 Å². The second-order valence-corrected chi connectivity index (χ2v) is 4.16. The fourth-order valence-electron chi connectivity index (χ4n) is 2.11. The van der Waals surface area contributed by atoms with Crippen LogP contribution >= 0.6 is 0 Å². The Bertz CT molecular complexity index is 353. The van der Waals surface area contributed by atoms with Crippen molar-refractivity contribution < 1.29 is 9.84 Å². The van der Waals surface area contributed by atoms with Gasteiger partial charge in [-0.25, -0.2) is 0 Å². The standard InChI is InChI=1S/C12H17NO2/c1-9-7-15-11-6-4-3-5-10(11)12(9,14)8-13-2/h3-6,9,13-14H,7-8H2,1-2H3. The SMILES string of the molecule is CNCC1(O)c2ccccc2OCC1C. The van der Waals surface area contributed by atoms with Crippen molar-refractivity contribution in [3.05, 3.63) is 29.8 Å². The van der Waals surface area contributed by atoms with Crippen molar-refractivity contribution in [2.45, 2.75) is 12.5 Å². The molecule has 82 valence electrons. The molecule has 2 N–H and O–H groups in total. The molecule has 1 aromatic rings. The molecule has 0 bridgehead atoms. The lowest BCUT2D eigenvalue weighted by atomic mass is 9.80. The molecule has 2 rings (SSSR count). The summed E-state index contributed by atoms with van der Waals surface area (Å²) in [5.74, 6) is 0.896. The summed E-state index contributed by atoms with van der Waals surface area (Å²) in [5.41, 5.74) is 0.0713. The van der Waals surface area contributed by atoms with Gasteiger partial charge in [0.05, 0.1) is 6.61 Å². The zero-order valence-corrected chi connectivity index (χ0v) is 9.16. The fraction of sp³-hybridized carbons (Fsp3) is 0.500. The molecule has 0 saturated carbocycles. The summed E-state index contributed by atoms with van der Waals surface area (Å²) in [7, 11) is 1.85. The molecule has 2 atom stereocenters. The Hall–Kier alpha value is -1.06. The third-order valence-electron chi connectivity index (χ3n) is 3.10. The van der Waals surface area contributed by atoms with Crippen LogP contribution in [-0.4, -0.2) is 25.3 Å². The number of likely N-dealkylation sites (N-methyl/N-ethyl adjacent to an activating group) is 1. The normalized spacial score (nSPS) is 29.4. The molecule has 0 radical (unpaired) electrons. The lowest BCUT2D eigenvalue weighted by Gasteiger charge is -2.39. The van der Waals surface area contributed by atoms with Crippen molar-refractivity contribution in [3.63, 3.8) is 0 Å². The highest BCUT2D eigenvalue weighted by molar-refractivity contribution is 5.40. The van der Waals surface area contributed by atoms with Gasteiger partial charge >= 0.3 is 0 Å². The van der Waals surface area contributed by atoms with E-state index in [9.17, 15) is 5.11 Å². The van der Waals surface area contributed by atoms with Gasteiger partial charge in [-0.2, -0.15) is 0 Å². The van der Waals surface area contributed by atoms with E-state index in [1.807, 2.05) is 38.2 Å². The predicted molar refractivity (Wildman–Crippen MR) is 58.9 cm³/mol. The van der Waals surface area contributed by atoms with Crippen LogP contribution < -0.4 is 10.1 Å². The largest absolute Gasteiger partial charge is 0.493 e. The Morgan fingerprint density at radius 3 is 3.00 bits per heavy atom. The fourth-order valence-corrected chi connectivity index (χ4v) is 2.11. The van der Waals surface area contributed by atoms with Crippen molar-refractivity contribution in [1.82, 2.24) is 5.32 Å². The molecular weight excluding hydrogens is 190 g/mol. The van der Waals surface area contributed by atoms with Crippen molar-refractivity contribution >= 4 is 0 Å². The first-order valence-electron chi connectivity index (χ1n) is 5.28. The second kappa shape index (κ2) is 3.83. The first-order chi connectivity index (χ1) is 7.18. The summed E-state index contributed by atoms with van der Waals surface area (Å²) in [5, 5.41) is 13.7. The van der Waals surface area contributed by atoms with Crippen molar-refractivity contribution in [2.75, 3.05) is 20.2 Å². The van der Waals surface area contributed by atoms with Gasteiger partial charge in [-0.3, -0.25) is 0 Å². The highest BCUT2D eigenvalue weighted by Crippen LogP contribution is 2.39. The zero-order chi connectivity index (χ0) is 10.9. The van der Waals surface area contributed by atoms with Crippen molar-refractivity contribution in [3.8, 4) is 5.75 Å². The number of aliphatic hydroxyl groups is 1. The molecule has 1 aliphatic rings.